The van der Waals surface area contributed by atoms with Gasteiger partial charge in [-0.15, -0.1) is 0 Å². The number of amides is 3. The monoisotopic (exact) mass is 460 g/mol. The molecule has 178 valence electrons. The highest BCUT2D eigenvalue weighted by atomic mass is 16.3. The van der Waals surface area contributed by atoms with E-state index in [0.717, 1.165) is 31.2 Å². The number of anilines is 1. The normalized spacial score (nSPS) is 20.9. The number of urea groups is 1. The summed E-state index contributed by atoms with van der Waals surface area (Å²) in [4.78, 5) is 27.6. The van der Waals surface area contributed by atoms with E-state index in [2.05, 4.69) is 16.7 Å². The van der Waals surface area contributed by atoms with Gasteiger partial charge in [-0.3, -0.25) is 4.79 Å². The quantitative estimate of drug-likeness (QED) is 0.632. The molecular formula is C27H32N4O3. The molecule has 7 nitrogen and oxygen atoms in total. The van der Waals surface area contributed by atoms with Gasteiger partial charge in [-0.2, -0.15) is 5.26 Å². The molecule has 1 aliphatic heterocycles. The number of benzene rings is 2. The second kappa shape index (κ2) is 10.7. The fourth-order valence-corrected chi connectivity index (χ4v) is 4.92. The molecule has 0 spiro atoms. The summed E-state index contributed by atoms with van der Waals surface area (Å²) in [6.07, 6.45) is 4.45. The lowest BCUT2D eigenvalue weighted by atomic mass is 9.88. The van der Waals surface area contributed by atoms with Crippen molar-refractivity contribution in [2.75, 3.05) is 18.4 Å². The van der Waals surface area contributed by atoms with Crippen molar-refractivity contribution in [3.8, 4) is 6.07 Å². The lowest BCUT2D eigenvalue weighted by Gasteiger charge is -2.32. The van der Waals surface area contributed by atoms with Crippen molar-refractivity contribution in [2.45, 2.75) is 63.5 Å². The van der Waals surface area contributed by atoms with Crippen LogP contribution in [0.1, 0.15) is 71.5 Å². The number of likely N-dealkylation sites (tertiary alicyclic amines) is 1. The Morgan fingerprint density at radius 1 is 1.00 bits per heavy atom. The molecule has 1 heterocycles. The molecule has 4 rings (SSSR count). The number of piperidine rings is 1. The lowest BCUT2D eigenvalue weighted by Crippen LogP contribution is -2.41. The first kappa shape index (κ1) is 23.8. The fraction of sp³-hybridized carbons (Fsp3) is 0.444. The van der Waals surface area contributed by atoms with E-state index in [1.165, 1.54) is 5.56 Å². The zero-order chi connectivity index (χ0) is 24.1. The van der Waals surface area contributed by atoms with Gasteiger partial charge >= 0.3 is 6.03 Å². The summed E-state index contributed by atoms with van der Waals surface area (Å²) >= 11 is 0. The van der Waals surface area contributed by atoms with E-state index in [1.54, 1.807) is 6.07 Å². The number of rotatable bonds is 4. The Labute approximate surface area is 200 Å². The minimum absolute atomic E-state index is 0.0129. The molecular weight excluding hydrogens is 428 g/mol. The second-order valence-corrected chi connectivity index (χ2v) is 9.43. The zero-order valence-corrected chi connectivity index (χ0v) is 19.6. The molecule has 2 aromatic rings. The molecule has 1 aliphatic carbocycles. The minimum Gasteiger partial charge on any atom is -0.393 e. The summed E-state index contributed by atoms with van der Waals surface area (Å²) in [5.41, 5.74) is 3.95. The van der Waals surface area contributed by atoms with Crippen LogP contribution >= 0.6 is 0 Å². The standard InChI is InChI=1S/C27H32N4O3/c1-18-2-7-23(30-27(34)29-22-8-10-24(32)11-9-22)16-25(18)26(33)31-14-12-21(13-15-31)20-5-3-19(17-28)4-6-20/h2-7,16,21-22,24,32H,8-15H2,1H3,(H2,29,30,34)/t22-,24-. The average Bonchev–Trinajstić information content (AvgIpc) is 2.86. The van der Waals surface area contributed by atoms with Gasteiger partial charge in [-0.25, -0.2) is 4.79 Å². The topological polar surface area (TPSA) is 105 Å². The van der Waals surface area contributed by atoms with Crippen molar-refractivity contribution >= 4 is 17.6 Å². The molecule has 1 saturated carbocycles. The van der Waals surface area contributed by atoms with E-state index in [0.29, 0.717) is 48.7 Å². The molecule has 3 N–H and O–H groups in total. The maximum atomic E-state index is 13.3. The number of carbonyl (C=O) groups excluding carboxylic acids is 2. The summed E-state index contributed by atoms with van der Waals surface area (Å²) in [7, 11) is 0. The van der Waals surface area contributed by atoms with Crippen LogP contribution in [0.4, 0.5) is 10.5 Å². The highest BCUT2D eigenvalue weighted by Gasteiger charge is 2.26. The Morgan fingerprint density at radius 2 is 1.68 bits per heavy atom. The summed E-state index contributed by atoms with van der Waals surface area (Å²) in [6, 6.07) is 15.1. The molecule has 3 amide bonds. The Hall–Kier alpha value is -3.37. The summed E-state index contributed by atoms with van der Waals surface area (Å²) in [6.45, 7) is 3.26. The number of aliphatic hydroxyl groups excluding tert-OH is 1. The van der Waals surface area contributed by atoms with Gasteiger partial charge in [0.15, 0.2) is 0 Å². The Morgan fingerprint density at radius 3 is 2.32 bits per heavy atom. The number of nitrogens with one attached hydrogen (secondary N) is 2. The molecule has 2 aliphatic rings. The van der Waals surface area contributed by atoms with Crippen LogP contribution in [0.15, 0.2) is 42.5 Å². The molecule has 0 atom stereocenters. The number of aliphatic hydroxyl groups is 1. The molecule has 0 aromatic heterocycles. The van der Waals surface area contributed by atoms with Gasteiger partial charge < -0.3 is 20.6 Å². The van der Waals surface area contributed by atoms with Crippen LogP contribution in [0.3, 0.4) is 0 Å². The van der Waals surface area contributed by atoms with Crippen LogP contribution in [0.5, 0.6) is 0 Å². The number of nitrogens with zero attached hydrogens (tertiary/aromatic N) is 2. The molecule has 1 saturated heterocycles. The van der Waals surface area contributed by atoms with Gasteiger partial charge in [-0.1, -0.05) is 18.2 Å². The largest absolute Gasteiger partial charge is 0.393 e. The maximum absolute atomic E-state index is 13.3. The van der Waals surface area contributed by atoms with E-state index in [1.807, 2.05) is 48.2 Å². The number of carbonyl (C=O) groups is 2. The summed E-state index contributed by atoms with van der Waals surface area (Å²) in [5.74, 6) is 0.372. The number of hydrogen-bond donors (Lipinski definition) is 3. The summed E-state index contributed by atoms with van der Waals surface area (Å²) in [5, 5.41) is 24.4. The first-order valence-corrected chi connectivity index (χ1v) is 12.1. The lowest BCUT2D eigenvalue weighted by molar-refractivity contribution is 0.0712. The van der Waals surface area contributed by atoms with Crippen molar-refractivity contribution in [2.24, 2.45) is 0 Å². The molecule has 0 bridgehead atoms. The van der Waals surface area contributed by atoms with E-state index in [9.17, 15) is 14.7 Å². The third-order valence-electron chi connectivity index (χ3n) is 7.05. The van der Waals surface area contributed by atoms with Crippen molar-refractivity contribution in [3.05, 3.63) is 64.7 Å². The second-order valence-electron chi connectivity index (χ2n) is 9.43. The van der Waals surface area contributed by atoms with Gasteiger partial charge in [0, 0.05) is 30.4 Å². The molecule has 0 unspecified atom stereocenters. The third-order valence-corrected chi connectivity index (χ3v) is 7.05. The van der Waals surface area contributed by atoms with Gasteiger partial charge in [0.1, 0.15) is 0 Å². The van der Waals surface area contributed by atoms with E-state index >= 15 is 0 Å². The molecule has 34 heavy (non-hydrogen) atoms. The van der Waals surface area contributed by atoms with Gasteiger partial charge in [0.2, 0.25) is 0 Å². The predicted octanol–water partition coefficient (Wildman–Crippen LogP) is 4.31. The minimum atomic E-state index is -0.285. The first-order valence-electron chi connectivity index (χ1n) is 12.1. The Kier molecular flexibility index (Phi) is 7.49. The SMILES string of the molecule is Cc1ccc(NC(=O)N[C@H]2CC[C@H](O)CC2)cc1C(=O)N1CCC(c2ccc(C#N)cc2)CC1. The maximum Gasteiger partial charge on any atom is 0.319 e. The van der Waals surface area contributed by atoms with Crippen LogP contribution in [0, 0.1) is 18.3 Å². The highest BCUT2D eigenvalue weighted by molar-refractivity contribution is 5.98. The van der Waals surface area contributed by atoms with Crippen molar-refractivity contribution in [1.29, 1.82) is 5.26 Å². The van der Waals surface area contributed by atoms with Crippen LogP contribution in [0.2, 0.25) is 0 Å². The van der Waals surface area contributed by atoms with Gasteiger partial charge in [0.05, 0.1) is 17.7 Å². The molecule has 7 heteroatoms. The molecule has 0 radical (unpaired) electrons. The van der Waals surface area contributed by atoms with Gasteiger partial charge in [0.25, 0.3) is 5.91 Å². The summed E-state index contributed by atoms with van der Waals surface area (Å²) < 4.78 is 0. The van der Waals surface area contributed by atoms with Crippen molar-refractivity contribution < 1.29 is 14.7 Å². The Bertz CT molecular complexity index is 1060. The van der Waals surface area contributed by atoms with Crippen LogP contribution in [-0.2, 0) is 0 Å². The number of aryl methyl sites for hydroxylation is 1. The van der Waals surface area contributed by atoms with E-state index in [4.69, 9.17) is 5.26 Å². The first-order chi connectivity index (χ1) is 16.4. The zero-order valence-electron chi connectivity index (χ0n) is 19.6. The fourth-order valence-electron chi connectivity index (χ4n) is 4.92. The number of hydrogen-bond acceptors (Lipinski definition) is 4. The molecule has 2 fully saturated rings. The van der Waals surface area contributed by atoms with Crippen LogP contribution < -0.4 is 10.6 Å². The van der Waals surface area contributed by atoms with Crippen molar-refractivity contribution in [3.63, 3.8) is 0 Å². The van der Waals surface area contributed by atoms with Gasteiger partial charge in [-0.05, 0) is 86.8 Å². The van der Waals surface area contributed by atoms with Crippen LogP contribution in [0.25, 0.3) is 0 Å². The van der Waals surface area contributed by atoms with E-state index in [-0.39, 0.29) is 24.1 Å². The average molecular weight is 461 g/mol. The third kappa shape index (κ3) is 5.75. The molecule has 2 aromatic carbocycles. The Balaban J connectivity index is 1.34. The highest BCUT2D eigenvalue weighted by Crippen LogP contribution is 2.29. The van der Waals surface area contributed by atoms with Crippen molar-refractivity contribution in [1.82, 2.24) is 10.2 Å². The van der Waals surface area contributed by atoms with E-state index < -0.39 is 0 Å². The number of nitriles is 1. The predicted molar refractivity (Wildman–Crippen MR) is 131 cm³/mol. The van der Waals surface area contributed by atoms with Crippen LogP contribution in [-0.4, -0.2) is 47.2 Å². The smallest absolute Gasteiger partial charge is 0.319 e.